The molecule has 0 saturated heterocycles. The summed E-state index contributed by atoms with van der Waals surface area (Å²) >= 11 is 6.54. The normalized spacial score (nSPS) is 16.9. The molecular weight excluding hydrogens is 507 g/mol. The number of halogens is 4. The van der Waals surface area contributed by atoms with Crippen LogP contribution in [0.2, 0.25) is 5.15 Å². The average molecular weight is 534 g/mol. The summed E-state index contributed by atoms with van der Waals surface area (Å²) in [5, 5.41) is 2.89. The minimum atomic E-state index is -4.48. The van der Waals surface area contributed by atoms with E-state index in [1.54, 1.807) is 6.92 Å². The van der Waals surface area contributed by atoms with E-state index in [1.807, 2.05) is 30.3 Å². The Morgan fingerprint density at radius 2 is 1.89 bits per heavy atom. The first-order valence-electron chi connectivity index (χ1n) is 12.1. The summed E-state index contributed by atoms with van der Waals surface area (Å²) in [6.45, 7) is 1.78. The predicted molar refractivity (Wildman–Crippen MR) is 135 cm³/mol. The van der Waals surface area contributed by atoms with E-state index in [-0.39, 0.29) is 30.0 Å². The molecule has 1 N–H and O–H groups in total. The highest BCUT2D eigenvalue weighted by Gasteiger charge is 2.39. The number of anilines is 1. The van der Waals surface area contributed by atoms with Gasteiger partial charge in [-0.1, -0.05) is 54.1 Å². The number of carbonyl (C=O) groups excluding carboxylic acids is 1. The van der Waals surface area contributed by atoms with Crippen molar-refractivity contribution in [2.75, 3.05) is 11.9 Å². The third-order valence-electron chi connectivity index (χ3n) is 6.44. The zero-order valence-corrected chi connectivity index (χ0v) is 21.0. The first kappa shape index (κ1) is 26.7. The van der Waals surface area contributed by atoms with Gasteiger partial charge in [0.2, 0.25) is 0 Å². The molecule has 1 aliphatic rings. The van der Waals surface area contributed by atoms with E-state index in [4.69, 9.17) is 16.3 Å². The van der Waals surface area contributed by atoms with Crippen LogP contribution in [0.4, 0.5) is 19.0 Å². The fraction of sp³-hybridized carbons (Fsp3) is 0.370. The Balaban J connectivity index is 1.58. The zero-order chi connectivity index (χ0) is 26.6. The summed E-state index contributed by atoms with van der Waals surface area (Å²) in [6, 6.07) is 13.9. The van der Waals surface area contributed by atoms with Gasteiger partial charge >= 0.3 is 12.1 Å². The number of aryl methyl sites for hydroxylation is 1. The number of hydrogen-bond acceptors (Lipinski definition) is 5. The molecular formula is C27H27ClF3N3O3. The van der Waals surface area contributed by atoms with E-state index in [1.165, 1.54) is 22.3 Å². The van der Waals surface area contributed by atoms with Crippen LogP contribution in [0.3, 0.4) is 0 Å². The van der Waals surface area contributed by atoms with Gasteiger partial charge in [0.25, 0.3) is 5.56 Å². The van der Waals surface area contributed by atoms with Crippen LogP contribution in [0.25, 0.3) is 0 Å². The fourth-order valence-corrected chi connectivity index (χ4v) is 5.07. The van der Waals surface area contributed by atoms with E-state index >= 15 is 0 Å². The molecule has 2 heterocycles. The molecule has 37 heavy (non-hydrogen) atoms. The number of benzene rings is 2. The molecule has 2 atom stereocenters. The van der Waals surface area contributed by atoms with E-state index in [2.05, 4.69) is 10.3 Å². The Morgan fingerprint density at radius 1 is 1.16 bits per heavy atom. The van der Waals surface area contributed by atoms with Crippen molar-refractivity contribution in [3.63, 3.8) is 0 Å². The predicted octanol–water partition coefficient (Wildman–Crippen LogP) is 6.14. The lowest BCUT2D eigenvalue weighted by molar-refractivity contribution is -0.147. The van der Waals surface area contributed by atoms with E-state index in [0.29, 0.717) is 24.1 Å². The molecule has 0 radical (unpaired) electrons. The summed E-state index contributed by atoms with van der Waals surface area (Å²) in [5.41, 5.74) is 0.651. The van der Waals surface area contributed by atoms with Crippen molar-refractivity contribution in [1.82, 2.24) is 9.55 Å². The first-order valence-corrected chi connectivity index (χ1v) is 12.5. The Kier molecular flexibility index (Phi) is 8.22. The number of ether oxygens (including phenoxy) is 1. The summed E-state index contributed by atoms with van der Waals surface area (Å²) in [6.07, 6.45) is -1.76. The van der Waals surface area contributed by atoms with Gasteiger partial charge in [-0.3, -0.25) is 9.36 Å². The number of aromatic nitrogens is 2. The fourth-order valence-electron chi connectivity index (χ4n) is 4.74. The van der Waals surface area contributed by atoms with Crippen LogP contribution in [0.15, 0.2) is 59.4 Å². The van der Waals surface area contributed by atoms with Crippen molar-refractivity contribution < 1.29 is 22.7 Å². The number of alkyl halides is 3. The molecule has 0 bridgehead atoms. The molecule has 4 rings (SSSR count). The lowest BCUT2D eigenvalue weighted by atomic mass is 9.94. The topological polar surface area (TPSA) is 73.2 Å². The van der Waals surface area contributed by atoms with Crippen molar-refractivity contribution in [1.29, 1.82) is 0 Å². The smallest absolute Gasteiger partial charge is 0.416 e. The van der Waals surface area contributed by atoms with Gasteiger partial charge in [-0.05, 0) is 55.9 Å². The quantitative estimate of drug-likeness (QED) is 0.334. The third-order valence-corrected chi connectivity index (χ3v) is 6.72. The average Bonchev–Trinajstić information content (AvgIpc) is 3.26. The number of carbonyl (C=O) groups is 1. The van der Waals surface area contributed by atoms with Crippen molar-refractivity contribution in [2.45, 2.75) is 57.3 Å². The highest BCUT2D eigenvalue weighted by atomic mass is 35.5. The van der Waals surface area contributed by atoms with Crippen LogP contribution in [0, 0.1) is 0 Å². The maximum absolute atomic E-state index is 13.4. The number of fused-ring (bicyclic) bond motifs is 1. The summed E-state index contributed by atoms with van der Waals surface area (Å²) < 4.78 is 45.7. The summed E-state index contributed by atoms with van der Waals surface area (Å²) in [5.74, 6) is -0.823. The van der Waals surface area contributed by atoms with Gasteiger partial charge in [-0.15, -0.1) is 0 Å². The number of hydrogen-bond donors (Lipinski definition) is 1. The molecule has 6 nitrogen and oxygen atoms in total. The molecule has 0 unspecified atom stereocenters. The molecule has 2 aromatic carbocycles. The van der Waals surface area contributed by atoms with Gasteiger partial charge in [0.1, 0.15) is 6.04 Å². The third kappa shape index (κ3) is 6.15. The van der Waals surface area contributed by atoms with Gasteiger partial charge < -0.3 is 10.1 Å². The molecule has 196 valence electrons. The van der Waals surface area contributed by atoms with Crippen molar-refractivity contribution >= 4 is 23.4 Å². The Labute approximate surface area is 217 Å². The molecule has 10 heteroatoms. The molecule has 1 aliphatic heterocycles. The van der Waals surface area contributed by atoms with Crippen LogP contribution in [-0.2, 0) is 28.7 Å². The SMILES string of the molecule is CCOC(=O)[C@@H]1C[C@@H](CCCc2ccccc2)c2c(Cl)nc(NCc3cccc(C(F)(F)F)c3)c(=O)n21. The summed E-state index contributed by atoms with van der Waals surface area (Å²) in [7, 11) is 0. The minimum Gasteiger partial charge on any atom is -0.464 e. The Hall–Kier alpha value is -3.33. The molecule has 0 aliphatic carbocycles. The van der Waals surface area contributed by atoms with Gasteiger partial charge in [0, 0.05) is 12.5 Å². The van der Waals surface area contributed by atoms with Crippen molar-refractivity contribution in [2.24, 2.45) is 0 Å². The van der Waals surface area contributed by atoms with E-state index < -0.39 is 29.3 Å². The van der Waals surface area contributed by atoms with Crippen LogP contribution in [0.1, 0.15) is 60.5 Å². The first-order chi connectivity index (χ1) is 17.7. The molecule has 0 fully saturated rings. The zero-order valence-electron chi connectivity index (χ0n) is 20.2. The van der Waals surface area contributed by atoms with Crippen LogP contribution >= 0.6 is 11.6 Å². The second-order valence-corrected chi connectivity index (χ2v) is 9.30. The van der Waals surface area contributed by atoms with Crippen molar-refractivity contribution in [3.05, 3.63) is 92.5 Å². The summed E-state index contributed by atoms with van der Waals surface area (Å²) in [4.78, 5) is 30.4. The van der Waals surface area contributed by atoms with E-state index in [0.717, 1.165) is 25.0 Å². The minimum absolute atomic E-state index is 0.0770. The maximum Gasteiger partial charge on any atom is 0.416 e. The van der Waals surface area contributed by atoms with Gasteiger partial charge in [-0.25, -0.2) is 9.78 Å². The largest absolute Gasteiger partial charge is 0.464 e. The van der Waals surface area contributed by atoms with Crippen LogP contribution in [0.5, 0.6) is 0 Å². The Morgan fingerprint density at radius 3 is 2.59 bits per heavy atom. The monoisotopic (exact) mass is 533 g/mol. The lowest BCUT2D eigenvalue weighted by Crippen LogP contribution is -2.31. The molecule has 1 aromatic heterocycles. The van der Waals surface area contributed by atoms with Crippen LogP contribution in [-0.4, -0.2) is 22.1 Å². The molecule has 0 saturated carbocycles. The van der Waals surface area contributed by atoms with Crippen molar-refractivity contribution in [3.8, 4) is 0 Å². The van der Waals surface area contributed by atoms with Crippen LogP contribution < -0.4 is 10.9 Å². The van der Waals surface area contributed by atoms with Gasteiger partial charge in [0.05, 0.1) is 17.9 Å². The number of rotatable bonds is 9. The molecule has 0 amide bonds. The molecule has 3 aromatic rings. The number of nitrogens with one attached hydrogen (secondary N) is 1. The second kappa shape index (κ2) is 11.4. The molecule has 0 spiro atoms. The number of nitrogens with zero attached hydrogens (tertiary/aromatic N) is 2. The van der Waals surface area contributed by atoms with Gasteiger partial charge in [0.15, 0.2) is 11.0 Å². The highest BCUT2D eigenvalue weighted by Crippen LogP contribution is 2.41. The number of esters is 1. The van der Waals surface area contributed by atoms with E-state index in [9.17, 15) is 22.8 Å². The highest BCUT2D eigenvalue weighted by molar-refractivity contribution is 6.30. The lowest BCUT2D eigenvalue weighted by Gasteiger charge is -2.16. The van der Waals surface area contributed by atoms with Gasteiger partial charge in [-0.2, -0.15) is 13.2 Å². The maximum atomic E-state index is 13.4. The Bertz CT molecular complexity index is 1310. The second-order valence-electron chi connectivity index (χ2n) is 8.94. The standard InChI is InChI=1S/C27H27ClF3N3O3/c1-2-37-26(36)21-15-19(12-6-10-17-8-4-3-5-9-17)22-23(28)33-24(25(35)34(21)22)32-16-18-11-7-13-20(14-18)27(29,30)31/h3-5,7-9,11,13-14,19,21H,2,6,10,12,15-16H2,1H3,(H,32,33)/t19-,21+/m1/s1.